The van der Waals surface area contributed by atoms with Crippen LogP contribution in [0.15, 0.2) is 24.4 Å². The maximum atomic E-state index is 11.7. The normalized spacial score (nSPS) is 17.8. The van der Waals surface area contributed by atoms with Crippen LogP contribution in [0.4, 0.5) is 5.69 Å². The van der Waals surface area contributed by atoms with Gasteiger partial charge < -0.3 is 4.90 Å². The quantitative estimate of drug-likeness (QED) is 0.844. The minimum atomic E-state index is -3.32. The highest BCUT2D eigenvalue weighted by Crippen LogP contribution is 2.26. The van der Waals surface area contributed by atoms with Gasteiger partial charge in [0.05, 0.1) is 11.7 Å². The molecule has 0 atom stereocenters. The van der Waals surface area contributed by atoms with Crippen molar-refractivity contribution in [2.45, 2.75) is 0 Å². The van der Waals surface area contributed by atoms with Crippen LogP contribution in [-0.4, -0.2) is 56.1 Å². The number of rotatable bonds is 3. The lowest BCUT2D eigenvalue weighted by atomic mass is 10.2. The lowest BCUT2D eigenvalue weighted by Crippen LogP contribution is -2.51. The fourth-order valence-corrected chi connectivity index (χ4v) is 3.43. The summed E-state index contributed by atoms with van der Waals surface area (Å²) in [6, 6.07) is 6.00. The number of piperazine rings is 1. The monoisotopic (exact) mass is 295 g/mol. The molecule has 20 heavy (non-hydrogen) atoms. The molecule has 1 aromatic carbocycles. The first-order valence-electron chi connectivity index (χ1n) is 6.47. The average Bonchev–Trinajstić information content (AvgIpc) is 2.95. The molecule has 0 amide bonds. The standard InChI is InChI=1S/C12H17N5O2S/c1-13-20(18,19)17-7-5-16(6-8-17)12-4-2-3-11-10(12)9-14-15-11/h2-4,9,13H,5-8H2,1H3,(H,14,15). The molecule has 0 saturated carbocycles. The van der Waals surface area contributed by atoms with E-state index in [4.69, 9.17) is 0 Å². The Morgan fingerprint density at radius 1 is 1.25 bits per heavy atom. The number of nitrogens with zero attached hydrogens (tertiary/aromatic N) is 3. The summed E-state index contributed by atoms with van der Waals surface area (Å²) in [7, 11) is -1.88. The van der Waals surface area contributed by atoms with Crippen molar-refractivity contribution in [1.29, 1.82) is 0 Å². The van der Waals surface area contributed by atoms with Gasteiger partial charge in [0.1, 0.15) is 0 Å². The molecular weight excluding hydrogens is 278 g/mol. The van der Waals surface area contributed by atoms with Crippen LogP contribution in [0.25, 0.3) is 10.9 Å². The lowest BCUT2D eigenvalue weighted by Gasteiger charge is -2.35. The summed E-state index contributed by atoms with van der Waals surface area (Å²) in [5.41, 5.74) is 2.09. The number of aromatic amines is 1. The molecule has 1 aliphatic heterocycles. The first kappa shape index (κ1) is 13.3. The van der Waals surface area contributed by atoms with Crippen LogP contribution < -0.4 is 9.62 Å². The summed E-state index contributed by atoms with van der Waals surface area (Å²) in [6.07, 6.45) is 1.81. The lowest BCUT2D eigenvalue weighted by molar-refractivity contribution is 0.381. The molecule has 0 aliphatic carbocycles. The molecule has 8 heteroatoms. The van der Waals surface area contributed by atoms with Gasteiger partial charge in [-0.15, -0.1) is 0 Å². The van der Waals surface area contributed by atoms with Crippen LogP contribution in [0.5, 0.6) is 0 Å². The number of hydrogen-bond donors (Lipinski definition) is 2. The molecular formula is C12H17N5O2S. The van der Waals surface area contributed by atoms with Crippen molar-refractivity contribution in [3.05, 3.63) is 24.4 Å². The van der Waals surface area contributed by atoms with E-state index in [9.17, 15) is 8.42 Å². The first-order chi connectivity index (χ1) is 9.62. The fourth-order valence-electron chi connectivity index (χ4n) is 2.53. The maximum absolute atomic E-state index is 11.7. The number of benzene rings is 1. The Labute approximate surface area is 117 Å². The molecule has 1 saturated heterocycles. The number of hydrogen-bond acceptors (Lipinski definition) is 4. The second-order valence-electron chi connectivity index (χ2n) is 4.70. The van der Waals surface area contributed by atoms with Crippen LogP contribution in [0, 0.1) is 0 Å². The van der Waals surface area contributed by atoms with Crippen molar-refractivity contribution in [1.82, 2.24) is 19.2 Å². The van der Waals surface area contributed by atoms with Gasteiger partial charge in [-0.25, -0.2) is 4.72 Å². The molecule has 7 nitrogen and oxygen atoms in total. The van der Waals surface area contributed by atoms with Gasteiger partial charge in [0.25, 0.3) is 10.2 Å². The van der Waals surface area contributed by atoms with E-state index in [-0.39, 0.29) is 0 Å². The summed E-state index contributed by atoms with van der Waals surface area (Å²) in [4.78, 5) is 2.19. The Balaban J connectivity index is 1.80. The van der Waals surface area contributed by atoms with Gasteiger partial charge in [0.2, 0.25) is 0 Å². The Kier molecular flexibility index (Phi) is 3.36. The van der Waals surface area contributed by atoms with Crippen molar-refractivity contribution in [2.24, 2.45) is 0 Å². The third-order valence-electron chi connectivity index (χ3n) is 3.64. The molecule has 108 valence electrons. The van der Waals surface area contributed by atoms with Crippen molar-refractivity contribution >= 4 is 26.8 Å². The number of fused-ring (bicyclic) bond motifs is 1. The molecule has 3 rings (SSSR count). The number of H-pyrrole nitrogens is 1. The van der Waals surface area contributed by atoms with Gasteiger partial charge in [0.15, 0.2) is 0 Å². The van der Waals surface area contributed by atoms with E-state index in [2.05, 4.69) is 19.8 Å². The van der Waals surface area contributed by atoms with Crippen LogP contribution in [0.2, 0.25) is 0 Å². The zero-order valence-electron chi connectivity index (χ0n) is 11.2. The van der Waals surface area contributed by atoms with Gasteiger partial charge in [-0.3, -0.25) is 5.10 Å². The smallest absolute Gasteiger partial charge is 0.279 e. The Morgan fingerprint density at radius 2 is 2.00 bits per heavy atom. The number of anilines is 1. The number of aromatic nitrogens is 2. The SMILES string of the molecule is CNS(=O)(=O)N1CCN(c2cccc3[nH]ncc23)CC1. The Bertz CT molecular complexity index is 703. The van der Waals surface area contributed by atoms with Crippen molar-refractivity contribution in [3.8, 4) is 0 Å². The molecule has 2 N–H and O–H groups in total. The highest BCUT2D eigenvalue weighted by molar-refractivity contribution is 7.87. The van der Waals surface area contributed by atoms with Gasteiger partial charge in [0, 0.05) is 44.3 Å². The largest absolute Gasteiger partial charge is 0.368 e. The molecule has 0 spiro atoms. The van der Waals surface area contributed by atoms with Crippen LogP contribution in [0.1, 0.15) is 0 Å². The second kappa shape index (κ2) is 5.04. The van der Waals surface area contributed by atoms with E-state index in [1.54, 1.807) is 6.20 Å². The van der Waals surface area contributed by atoms with E-state index < -0.39 is 10.2 Å². The topological polar surface area (TPSA) is 81.3 Å². The fraction of sp³-hybridized carbons (Fsp3) is 0.417. The van der Waals surface area contributed by atoms with Crippen molar-refractivity contribution in [2.75, 3.05) is 38.1 Å². The van der Waals surface area contributed by atoms with Crippen molar-refractivity contribution in [3.63, 3.8) is 0 Å². The van der Waals surface area contributed by atoms with E-state index >= 15 is 0 Å². The van der Waals surface area contributed by atoms with Gasteiger partial charge in [-0.2, -0.15) is 17.8 Å². The maximum Gasteiger partial charge on any atom is 0.279 e. The first-order valence-corrected chi connectivity index (χ1v) is 7.91. The predicted octanol–water partition coefficient (Wildman–Crippen LogP) is 0.149. The highest BCUT2D eigenvalue weighted by atomic mass is 32.2. The molecule has 2 heterocycles. The van der Waals surface area contributed by atoms with Crippen molar-refractivity contribution < 1.29 is 8.42 Å². The van der Waals surface area contributed by atoms with E-state index in [1.165, 1.54) is 11.4 Å². The predicted molar refractivity (Wildman–Crippen MR) is 77.9 cm³/mol. The third-order valence-corrected chi connectivity index (χ3v) is 5.20. The van der Waals surface area contributed by atoms with Gasteiger partial charge in [-0.1, -0.05) is 6.07 Å². The summed E-state index contributed by atoms with van der Waals surface area (Å²) < 4.78 is 27.3. The summed E-state index contributed by atoms with van der Waals surface area (Å²) in [6.45, 7) is 2.31. The molecule has 1 aliphatic rings. The van der Waals surface area contributed by atoms with Crippen LogP contribution in [-0.2, 0) is 10.2 Å². The summed E-state index contributed by atoms with van der Waals surface area (Å²) >= 11 is 0. The van der Waals surface area contributed by atoms with E-state index in [1.807, 2.05) is 18.2 Å². The van der Waals surface area contributed by atoms with E-state index in [0.717, 1.165) is 16.6 Å². The summed E-state index contributed by atoms with van der Waals surface area (Å²) in [5, 5.41) is 8.07. The average molecular weight is 295 g/mol. The zero-order chi connectivity index (χ0) is 14.2. The van der Waals surface area contributed by atoms with Gasteiger partial charge >= 0.3 is 0 Å². The third kappa shape index (κ3) is 2.26. The minimum absolute atomic E-state index is 0.484. The highest BCUT2D eigenvalue weighted by Gasteiger charge is 2.26. The van der Waals surface area contributed by atoms with Crippen LogP contribution >= 0.6 is 0 Å². The van der Waals surface area contributed by atoms with Crippen LogP contribution in [0.3, 0.4) is 0 Å². The van der Waals surface area contributed by atoms with Gasteiger partial charge in [-0.05, 0) is 12.1 Å². The molecule has 0 bridgehead atoms. The Morgan fingerprint density at radius 3 is 2.70 bits per heavy atom. The second-order valence-corrected chi connectivity index (χ2v) is 6.58. The minimum Gasteiger partial charge on any atom is -0.368 e. The molecule has 2 aromatic rings. The molecule has 0 unspecified atom stereocenters. The number of nitrogens with one attached hydrogen (secondary N) is 2. The summed E-state index contributed by atoms with van der Waals surface area (Å²) in [5.74, 6) is 0. The molecule has 0 radical (unpaired) electrons. The molecule has 1 aromatic heterocycles. The Hall–Kier alpha value is -1.64. The molecule has 1 fully saturated rings. The zero-order valence-corrected chi connectivity index (χ0v) is 12.0. The van der Waals surface area contributed by atoms with E-state index in [0.29, 0.717) is 26.2 Å².